The maximum atomic E-state index is 13.3. The van der Waals surface area contributed by atoms with E-state index in [9.17, 15) is 9.59 Å². The maximum absolute atomic E-state index is 13.3. The molecule has 0 fully saturated rings. The highest BCUT2D eigenvalue weighted by Gasteiger charge is 2.23. The number of furan rings is 1. The van der Waals surface area contributed by atoms with Crippen LogP contribution in [0.15, 0.2) is 51.4 Å². The van der Waals surface area contributed by atoms with Crippen LogP contribution in [-0.2, 0) is 11.2 Å². The Bertz CT molecular complexity index is 1010. The molecule has 3 aromatic rings. The number of aryl methyl sites for hydroxylation is 1. The van der Waals surface area contributed by atoms with Gasteiger partial charge in [-0.25, -0.2) is 0 Å². The summed E-state index contributed by atoms with van der Waals surface area (Å²) < 4.78 is 12.2. The first kappa shape index (κ1) is 20.1. The molecule has 6 heteroatoms. The molecule has 1 heterocycles. The molecular weight excluding hydrogens is 422 g/mol. The first-order valence-electron chi connectivity index (χ1n) is 9.08. The molecule has 0 radical (unpaired) electrons. The molecule has 3 rings (SSSR count). The molecule has 0 spiro atoms. The summed E-state index contributed by atoms with van der Waals surface area (Å²) >= 11 is 3.39. The molecular formula is C22H22BrNO4. The average Bonchev–Trinajstić information content (AvgIpc) is 3.03. The molecule has 0 aliphatic heterocycles. The second-order valence-electron chi connectivity index (χ2n) is 6.82. The van der Waals surface area contributed by atoms with E-state index >= 15 is 0 Å². The smallest absolute Gasteiger partial charge is 0.220 e. The fourth-order valence-corrected chi connectivity index (χ4v) is 3.31. The Hall–Kier alpha value is -2.60. The van der Waals surface area contributed by atoms with Crippen molar-refractivity contribution in [1.29, 1.82) is 0 Å². The number of rotatable bonds is 7. The lowest BCUT2D eigenvalue weighted by atomic mass is 9.98. The maximum Gasteiger partial charge on any atom is 0.220 e. The van der Waals surface area contributed by atoms with Gasteiger partial charge in [0.05, 0.1) is 12.7 Å². The van der Waals surface area contributed by atoms with Crippen LogP contribution in [0.4, 0.5) is 0 Å². The molecule has 0 atom stereocenters. The molecule has 1 aromatic heterocycles. The minimum atomic E-state index is -0.140. The van der Waals surface area contributed by atoms with Crippen molar-refractivity contribution < 1.29 is 18.7 Å². The van der Waals surface area contributed by atoms with E-state index in [0.29, 0.717) is 40.0 Å². The van der Waals surface area contributed by atoms with Gasteiger partial charge in [0.25, 0.3) is 0 Å². The topological polar surface area (TPSA) is 68.5 Å². The Kier molecular flexibility index (Phi) is 6.19. The van der Waals surface area contributed by atoms with Crippen molar-refractivity contribution in [3.63, 3.8) is 0 Å². The first-order valence-corrected chi connectivity index (χ1v) is 9.87. The molecule has 0 aliphatic rings. The minimum absolute atomic E-state index is 0.0660. The molecule has 1 amide bonds. The number of nitrogens with one attached hydrogen (secondary N) is 1. The number of methoxy groups -OCH3 is 1. The predicted molar refractivity (Wildman–Crippen MR) is 112 cm³/mol. The van der Waals surface area contributed by atoms with Crippen molar-refractivity contribution in [2.24, 2.45) is 0 Å². The number of amides is 1. The number of halogens is 1. The second kappa shape index (κ2) is 8.61. The van der Waals surface area contributed by atoms with Crippen LogP contribution in [0, 0.1) is 0 Å². The van der Waals surface area contributed by atoms with Crippen LogP contribution in [0.25, 0.3) is 11.0 Å². The third-order valence-corrected chi connectivity index (χ3v) is 4.86. The molecule has 0 saturated carbocycles. The van der Waals surface area contributed by atoms with Gasteiger partial charge in [-0.15, -0.1) is 0 Å². The standard InChI is InChI=1S/C22H22BrNO4/c1-13(2)24-20(25)11-10-19-21(22(26)14-4-6-15(23)7-5-14)17-12-16(27-3)8-9-18(17)28-19/h4-9,12-13H,10-11H2,1-3H3,(H,24,25). The molecule has 0 unspecified atom stereocenters. The Morgan fingerprint density at radius 1 is 1.14 bits per heavy atom. The summed E-state index contributed by atoms with van der Waals surface area (Å²) in [6, 6.07) is 12.6. The molecule has 146 valence electrons. The number of hydrogen-bond acceptors (Lipinski definition) is 4. The predicted octanol–water partition coefficient (Wildman–Crippen LogP) is 4.89. The van der Waals surface area contributed by atoms with E-state index in [1.807, 2.05) is 26.0 Å². The zero-order chi connectivity index (χ0) is 20.3. The zero-order valence-electron chi connectivity index (χ0n) is 16.0. The van der Waals surface area contributed by atoms with Gasteiger partial charge in [-0.3, -0.25) is 9.59 Å². The van der Waals surface area contributed by atoms with E-state index in [4.69, 9.17) is 9.15 Å². The Labute approximate surface area is 172 Å². The fraction of sp³-hybridized carbons (Fsp3) is 0.273. The van der Waals surface area contributed by atoms with Crippen molar-refractivity contribution in [3.8, 4) is 5.75 Å². The Morgan fingerprint density at radius 3 is 2.50 bits per heavy atom. The van der Waals surface area contributed by atoms with Crippen molar-refractivity contribution in [2.45, 2.75) is 32.7 Å². The fourth-order valence-electron chi connectivity index (χ4n) is 3.05. The van der Waals surface area contributed by atoms with Gasteiger partial charge < -0.3 is 14.5 Å². The highest BCUT2D eigenvalue weighted by Crippen LogP contribution is 2.32. The summed E-state index contributed by atoms with van der Waals surface area (Å²) in [4.78, 5) is 25.3. The third-order valence-electron chi connectivity index (χ3n) is 4.33. The number of fused-ring (bicyclic) bond motifs is 1. The molecule has 28 heavy (non-hydrogen) atoms. The van der Waals surface area contributed by atoms with Gasteiger partial charge in [-0.1, -0.05) is 15.9 Å². The van der Waals surface area contributed by atoms with Crippen molar-refractivity contribution >= 4 is 38.6 Å². The van der Waals surface area contributed by atoms with Gasteiger partial charge >= 0.3 is 0 Å². The molecule has 0 bridgehead atoms. The summed E-state index contributed by atoms with van der Waals surface area (Å²) in [7, 11) is 1.58. The first-order chi connectivity index (χ1) is 13.4. The number of carbonyl (C=O) groups is 2. The summed E-state index contributed by atoms with van der Waals surface area (Å²) in [5, 5.41) is 3.55. The van der Waals surface area contributed by atoms with Crippen LogP contribution in [0.5, 0.6) is 5.75 Å². The Balaban J connectivity index is 2.02. The second-order valence-corrected chi connectivity index (χ2v) is 7.74. The molecule has 1 N–H and O–H groups in total. The number of hydrogen-bond donors (Lipinski definition) is 1. The lowest BCUT2D eigenvalue weighted by Gasteiger charge is -2.08. The quantitative estimate of drug-likeness (QED) is 0.527. The monoisotopic (exact) mass is 443 g/mol. The molecule has 5 nitrogen and oxygen atoms in total. The van der Waals surface area contributed by atoms with E-state index in [-0.39, 0.29) is 24.2 Å². The summed E-state index contributed by atoms with van der Waals surface area (Å²) in [6.07, 6.45) is 0.586. The van der Waals surface area contributed by atoms with Gasteiger partial charge in [-0.05, 0) is 56.3 Å². The van der Waals surface area contributed by atoms with Crippen LogP contribution in [0.3, 0.4) is 0 Å². The SMILES string of the molecule is COc1ccc2oc(CCC(=O)NC(C)C)c(C(=O)c3ccc(Br)cc3)c2c1. The lowest BCUT2D eigenvalue weighted by Crippen LogP contribution is -2.30. The van der Waals surface area contributed by atoms with Crippen molar-refractivity contribution in [2.75, 3.05) is 7.11 Å². The molecule has 0 saturated heterocycles. The average molecular weight is 444 g/mol. The van der Waals surface area contributed by atoms with Crippen LogP contribution in [0.2, 0.25) is 0 Å². The van der Waals surface area contributed by atoms with Gasteiger partial charge in [0.15, 0.2) is 5.78 Å². The van der Waals surface area contributed by atoms with Gasteiger partial charge in [0, 0.05) is 34.3 Å². The van der Waals surface area contributed by atoms with Gasteiger partial charge in [-0.2, -0.15) is 0 Å². The lowest BCUT2D eigenvalue weighted by molar-refractivity contribution is -0.121. The number of ether oxygens (including phenoxy) is 1. The highest BCUT2D eigenvalue weighted by atomic mass is 79.9. The van der Waals surface area contributed by atoms with Crippen LogP contribution in [-0.4, -0.2) is 24.8 Å². The van der Waals surface area contributed by atoms with Gasteiger partial charge in [0.2, 0.25) is 5.91 Å². The molecule has 2 aromatic carbocycles. The van der Waals surface area contributed by atoms with Crippen LogP contribution in [0.1, 0.15) is 41.9 Å². The highest BCUT2D eigenvalue weighted by molar-refractivity contribution is 9.10. The summed E-state index contributed by atoms with van der Waals surface area (Å²) in [5.74, 6) is 0.936. The van der Waals surface area contributed by atoms with E-state index < -0.39 is 0 Å². The Morgan fingerprint density at radius 2 is 1.86 bits per heavy atom. The van der Waals surface area contributed by atoms with Gasteiger partial charge in [0.1, 0.15) is 17.1 Å². The summed E-state index contributed by atoms with van der Waals surface area (Å²) in [6.45, 7) is 3.82. The number of ketones is 1. The van der Waals surface area contributed by atoms with Crippen LogP contribution < -0.4 is 10.1 Å². The van der Waals surface area contributed by atoms with Crippen LogP contribution >= 0.6 is 15.9 Å². The van der Waals surface area contributed by atoms with E-state index in [2.05, 4.69) is 21.2 Å². The van der Waals surface area contributed by atoms with E-state index in [1.54, 1.807) is 37.4 Å². The normalized spacial score (nSPS) is 11.0. The summed E-state index contributed by atoms with van der Waals surface area (Å²) in [5.41, 5.74) is 1.63. The zero-order valence-corrected chi connectivity index (χ0v) is 17.6. The third kappa shape index (κ3) is 4.44. The minimum Gasteiger partial charge on any atom is -0.497 e. The van der Waals surface area contributed by atoms with Crippen molar-refractivity contribution in [3.05, 3.63) is 63.8 Å². The van der Waals surface area contributed by atoms with Crippen molar-refractivity contribution in [1.82, 2.24) is 5.32 Å². The number of benzene rings is 2. The number of carbonyl (C=O) groups excluding carboxylic acids is 2. The largest absolute Gasteiger partial charge is 0.497 e. The van der Waals surface area contributed by atoms with E-state index in [1.165, 1.54) is 0 Å². The van der Waals surface area contributed by atoms with E-state index in [0.717, 1.165) is 4.47 Å². The molecule has 0 aliphatic carbocycles.